The van der Waals surface area contributed by atoms with E-state index in [1.807, 2.05) is 24.3 Å². The van der Waals surface area contributed by atoms with Crippen LogP contribution in [0.4, 0.5) is 5.13 Å². The molecule has 7 heteroatoms. The van der Waals surface area contributed by atoms with Gasteiger partial charge in [0, 0.05) is 21.6 Å². The Labute approximate surface area is 159 Å². The fraction of sp³-hybridized carbons (Fsp3) is 0.278. The smallest absolute Gasteiger partial charge is 0.268 e. The number of nitrogens with zero attached hydrogens (tertiary/aromatic N) is 2. The zero-order chi connectivity index (χ0) is 18.2. The van der Waals surface area contributed by atoms with Crippen molar-refractivity contribution in [1.29, 1.82) is 5.26 Å². The molecule has 1 aromatic heterocycles. The highest BCUT2D eigenvalue weighted by atomic mass is 79.9. The number of amides is 1. The monoisotopic (exact) mass is 419 g/mol. The van der Waals surface area contributed by atoms with Gasteiger partial charge >= 0.3 is 0 Å². The molecule has 0 atom stereocenters. The second-order valence-corrected chi connectivity index (χ2v) is 7.48. The molecule has 0 aliphatic carbocycles. The standard InChI is InChI=1S/C18H18BrN3O2S/c1-12(2)5-7-24-16-4-3-15(19)10-13(16)9-14(11-20)17(23)22-18-21-6-8-25-18/h3-4,6,8-10,12H,5,7H2,1-2H3,(H,21,22,23)/b14-9+. The Morgan fingerprint density at radius 2 is 2.32 bits per heavy atom. The van der Waals surface area contributed by atoms with Crippen LogP contribution in [0.25, 0.3) is 6.08 Å². The van der Waals surface area contributed by atoms with Crippen molar-refractivity contribution < 1.29 is 9.53 Å². The van der Waals surface area contributed by atoms with E-state index in [2.05, 4.69) is 40.1 Å². The van der Waals surface area contributed by atoms with Gasteiger partial charge in [-0.3, -0.25) is 10.1 Å². The molecule has 2 aromatic rings. The lowest BCUT2D eigenvalue weighted by atomic mass is 10.1. The molecular formula is C18H18BrN3O2S. The largest absolute Gasteiger partial charge is 0.493 e. The first-order valence-corrected chi connectivity index (χ1v) is 9.42. The van der Waals surface area contributed by atoms with Crippen molar-refractivity contribution >= 4 is 44.4 Å². The molecule has 5 nitrogen and oxygen atoms in total. The minimum absolute atomic E-state index is 0.0120. The van der Waals surface area contributed by atoms with E-state index in [0.29, 0.717) is 29.0 Å². The molecule has 1 amide bonds. The van der Waals surface area contributed by atoms with Gasteiger partial charge in [-0.05, 0) is 36.6 Å². The summed E-state index contributed by atoms with van der Waals surface area (Å²) in [4.78, 5) is 16.2. The third kappa shape index (κ3) is 6.00. The Morgan fingerprint density at radius 1 is 1.52 bits per heavy atom. The number of benzene rings is 1. The number of ether oxygens (including phenoxy) is 1. The van der Waals surface area contributed by atoms with Crippen molar-refractivity contribution in [1.82, 2.24) is 4.98 Å². The van der Waals surface area contributed by atoms with Crippen LogP contribution in [-0.2, 0) is 4.79 Å². The number of rotatable bonds is 7. The maximum atomic E-state index is 12.3. The summed E-state index contributed by atoms with van der Waals surface area (Å²) in [7, 11) is 0. The third-order valence-corrected chi connectivity index (χ3v) is 4.42. The van der Waals surface area contributed by atoms with Gasteiger partial charge < -0.3 is 4.74 Å². The number of nitriles is 1. The summed E-state index contributed by atoms with van der Waals surface area (Å²) < 4.78 is 6.66. The molecule has 0 aliphatic rings. The highest BCUT2D eigenvalue weighted by Gasteiger charge is 2.13. The first kappa shape index (κ1) is 19.2. The van der Waals surface area contributed by atoms with Gasteiger partial charge in [0.15, 0.2) is 5.13 Å². The molecule has 130 valence electrons. The normalized spacial score (nSPS) is 11.2. The minimum atomic E-state index is -0.495. The first-order chi connectivity index (χ1) is 12.0. The Hall–Kier alpha value is -2.17. The summed E-state index contributed by atoms with van der Waals surface area (Å²) in [5.74, 6) is 0.678. The van der Waals surface area contributed by atoms with E-state index in [4.69, 9.17) is 4.74 Å². The first-order valence-electron chi connectivity index (χ1n) is 7.74. The summed E-state index contributed by atoms with van der Waals surface area (Å²) in [6, 6.07) is 7.45. The van der Waals surface area contributed by atoms with Crippen molar-refractivity contribution in [3.8, 4) is 11.8 Å². The second kappa shape index (κ2) is 9.35. The Bertz CT molecular complexity index is 795. The summed E-state index contributed by atoms with van der Waals surface area (Å²) in [6.45, 7) is 4.83. The fourth-order valence-corrected chi connectivity index (χ4v) is 2.82. The van der Waals surface area contributed by atoms with Crippen LogP contribution in [0, 0.1) is 17.2 Å². The van der Waals surface area contributed by atoms with Crippen molar-refractivity contribution in [2.75, 3.05) is 11.9 Å². The zero-order valence-electron chi connectivity index (χ0n) is 14.0. The fourth-order valence-electron chi connectivity index (χ4n) is 1.92. The van der Waals surface area contributed by atoms with Crippen LogP contribution in [-0.4, -0.2) is 17.5 Å². The quantitative estimate of drug-likeness (QED) is 0.512. The lowest BCUT2D eigenvalue weighted by molar-refractivity contribution is -0.112. The molecule has 1 N–H and O–H groups in total. The van der Waals surface area contributed by atoms with E-state index in [0.717, 1.165) is 10.9 Å². The molecule has 0 radical (unpaired) electrons. The molecular weight excluding hydrogens is 402 g/mol. The van der Waals surface area contributed by atoms with Gasteiger partial charge in [0.1, 0.15) is 17.4 Å². The number of halogens is 1. The van der Waals surface area contributed by atoms with Gasteiger partial charge in [-0.25, -0.2) is 4.98 Å². The molecule has 1 heterocycles. The van der Waals surface area contributed by atoms with Crippen LogP contribution in [0.1, 0.15) is 25.8 Å². The van der Waals surface area contributed by atoms with Crippen molar-refractivity contribution in [3.05, 3.63) is 45.4 Å². The lowest BCUT2D eigenvalue weighted by Crippen LogP contribution is -2.13. The van der Waals surface area contributed by atoms with Crippen LogP contribution in [0.2, 0.25) is 0 Å². The Balaban J connectivity index is 2.22. The predicted octanol–water partition coefficient (Wildman–Crippen LogP) is 4.88. The van der Waals surface area contributed by atoms with Crippen LogP contribution >= 0.6 is 27.3 Å². The molecule has 0 aliphatic heterocycles. The van der Waals surface area contributed by atoms with Crippen LogP contribution < -0.4 is 10.1 Å². The number of carbonyl (C=O) groups is 1. The van der Waals surface area contributed by atoms with Crippen molar-refractivity contribution in [2.45, 2.75) is 20.3 Å². The van der Waals surface area contributed by atoms with Gasteiger partial charge in [0.2, 0.25) is 0 Å². The van der Waals surface area contributed by atoms with E-state index < -0.39 is 5.91 Å². The predicted molar refractivity (Wildman–Crippen MR) is 103 cm³/mol. The van der Waals surface area contributed by atoms with Gasteiger partial charge in [-0.15, -0.1) is 11.3 Å². The maximum Gasteiger partial charge on any atom is 0.268 e. The summed E-state index contributed by atoms with van der Waals surface area (Å²) in [5, 5.41) is 14.2. The molecule has 0 spiro atoms. The lowest BCUT2D eigenvalue weighted by Gasteiger charge is -2.11. The SMILES string of the molecule is CC(C)CCOc1ccc(Br)cc1/C=C(\C#N)C(=O)Nc1nccs1. The van der Waals surface area contributed by atoms with Gasteiger partial charge in [-0.2, -0.15) is 5.26 Å². The number of carbonyl (C=O) groups excluding carboxylic acids is 1. The molecule has 0 unspecified atom stereocenters. The van der Waals surface area contributed by atoms with Crippen molar-refractivity contribution in [2.24, 2.45) is 5.92 Å². The van der Waals surface area contributed by atoms with Crippen LogP contribution in [0.15, 0.2) is 39.8 Å². The van der Waals surface area contributed by atoms with E-state index in [9.17, 15) is 10.1 Å². The number of anilines is 1. The highest BCUT2D eigenvalue weighted by Crippen LogP contribution is 2.26. The summed E-state index contributed by atoms with van der Waals surface area (Å²) in [6.07, 6.45) is 4.04. The maximum absolute atomic E-state index is 12.3. The van der Waals surface area contributed by atoms with Crippen LogP contribution in [0.5, 0.6) is 5.75 Å². The van der Waals surface area contributed by atoms with Gasteiger partial charge in [0.05, 0.1) is 6.61 Å². The number of hydrogen-bond acceptors (Lipinski definition) is 5. The van der Waals surface area contributed by atoms with E-state index in [1.165, 1.54) is 17.4 Å². The molecule has 0 saturated heterocycles. The molecule has 1 aromatic carbocycles. The Kier molecular flexibility index (Phi) is 7.16. The molecule has 0 saturated carbocycles. The average Bonchev–Trinajstić information content (AvgIpc) is 3.07. The minimum Gasteiger partial charge on any atom is -0.493 e. The molecule has 2 rings (SSSR count). The molecule has 0 bridgehead atoms. The van der Waals surface area contributed by atoms with Gasteiger partial charge in [0.25, 0.3) is 5.91 Å². The van der Waals surface area contributed by atoms with Gasteiger partial charge in [-0.1, -0.05) is 29.8 Å². The Morgan fingerprint density at radius 3 is 2.96 bits per heavy atom. The van der Waals surface area contributed by atoms with E-state index in [-0.39, 0.29) is 5.57 Å². The summed E-state index contributed by atoms with van der Waals surface area (Å²) >= 11 is 4.70. The number of aromatic nitrogens is 1. The van der Waals surface area contributed by atoms with E-state index >= 15 is 0 Å². The number of nitrogens with one attached hydrogen (secondary N) is 1. The zero-order valence-corrected chi connectivity index (χ0v) is 16.4. The average molecular weight is 420 g/mol. The van der Waals surface area contributed by atoms with E-state index in [1.54, 1.807) is 11.6 Å². The highest BCUT2D eigenvalue weighted by molar-refractivity contribution is 9.10. The van der Waals surface area contributed by atoms with Crippen LogP contribution in [0.3, 0.4) is 0 Å². The topological polar surface area (TPSA) is 75.0 Å². The van der Waals surface area contributed by atoms with Crippen molar-refractivity contribution in [3.63, 3.8) is 0 Å². The summed E-state index contributed by atoms with van der Waals surface area (Å²) in [5.41, 5.74) is 0.658. The number of thiazole rings is 1. The molecule has 0 fully saturated rings. The molecule has 25 heavy (non-hydrogen) atoms. The second-order valence-electron chi connectivity index (χ2n) is 5.67. The number of hydrogen-bond donors (Lipinski definition) is 1. The third-order valence-electron chi connectivity index (χ3n) is 3.24.